The first-order valence-electron chi connectivity index (χ1n) is 9.49. The van der Waals surface area contributed by atoms with Crippen molar-refractivity contribution in [1.29, 1.82) is 0 Å². The number of rotatable bonds is 6. The largest absolute Gasteiger partial charge is 0.370 e. The molecule has 5 nitrogen and oxygen atoms in total. The van der Waals surface area contributed by atoms with E-state index >= 15 is 0 Å². The Kier molecular flexibility index (Phi) is 6.32. The first kappa shape index (κ1) is 19.5. The van der Waals surface area contributed by atoms with Crippen LogP contribution in [0.15, 0.2) is 58.5 Å². The minimum atomic E-state index is 0.0388. The van der Waals surface area contributed by atoms with E-state index in [1.807, 2.05) is 53.1 Å². The van der Waals surface area contributed by atoms with Gasteiger partial charge < -0.3 is 9.64 Å². The molecule has 0 aliphatic carbocycles. The lowest BCUT2D eigenvalue weighted by Gasteiger charge is -2.24. The molecule has 2 heterocycles. The van der Waals surface area contributed by atoms with Crippen LogP contribution >= 0.6 is 23.4 Å². The third-order valence-corrected chi connectivity index (χ3v) is 6.30. The number of benzene rings is 2. The summed E-state index contributed by atoms with van der Waals surface area (Å²) in [5.74, 6) is 0.742. The summed E-state index contributed by atoms with van der Waals surface area (Å²) in [6, 6.07) is 15.4. The second kappa shape index (κ2) is 9.09. The Balaban J connectivity index is 1.60. The van der Waals surface area contributed by atoms with Crippen LogP contribution in [-0.2, 0) is 17.0 Å². The average molecular weight is 417 g/mol. The van der Waals surface area contributed by atoms with E-state index in [0.717, 1.165) is 59.9 Å². The van der Waals surface area contributed by atoms with E-state index in [1.165, 1.54) is 4.90 Å². The van der Waals surface area contributed by atoms with Crippen LogP contribution in [0.25, 0.3) is 10.9 Å². The number of morpholine rings is 1. The van der Waals surface area contributed by atoms with E-state index in [-0.39, 0.29) is 5.56 Å². The van der Waals surface area contributed by atoms with Crippen LogP contribution in [0.5, 0.6) is 0 Å². The summed E-state index contributed by atoms with van der Waals surface area (Å²) in [5, 5.41) is 2.17. The van der Waals surface area contributed by atoms with Gasteiger partial charge in [-0.1, -0.05) is 47.6 Å². The molecular formula is C21H23ClN3O2S+. The molecule has 28 heavy (non-hydrogen) atoms. The van der Waals surface area contributed by atoms with Gasteiger partial charge in [-0.3, -0.25) is 9.36 Å². The average Bonchev–Trinajstić information content (AvgIpc) is 2.74. The number of ether oxygens (including phenoxy) is 1. The molecular weight excluding hydrogens is 394 g/mol. The van der Waals surface area contributed by atoms with Crippen molar-refractivity contribution in [3.8, 4) is 0 Å². The molecule has 7 heteroatoms. The van der Waals surface area contributed by atoms with Gasteiger partial charge in [0.2, 0.25) is 0 Å². The van der Waals surface area contributed by atoms with Gasteiger partial charge in [-0.25, -0.2) is 4.98 Å². The molecule has 3 aromatic rings. The molecule has 2 aromatic carbocycles. The standard InChI is InChI=1S/C21H22ClN3O2S/c22-17-7-5-16(6-8-17)15-28-21-23-19-4-2-1-3-18(19)20(26)25(21)10-9-24-11-13-27-14-12-24/h1-8H,9-15H2/p+1. The first-order chi connectivity index (χ1) is 13.7. The van der Waals surface area contributed by atoms with Crippen molar-refractivity contribution >= 4 is 34.3 Å². The Morgan fingerprint density at radius 1 is 1.11 bits per heavy atom. The normalized spacial score (nSPS) is 15.2. The molecule has 1 N–H and O–H groups in total. The predicted octanol–water partition coefficient (Wildman–Crippen LogP) is 2.26. The van der Waals surface area contributed by atoms with Gasteiger partial charge in [-0.15, -0.1) is 0 Å². The Morgan fingerprint density at radius 2 is 1.86 bits per heavy atom. The van der Waals surface area contributed by atoms with Gasteiger partial charge >= 0.3 is 0 Å². The molecule has 0 atom stereocenters. The van der Waals surface area contributed by atoms with Crippen molar-refractivity contribution in [2.75, 3.05) is 32.8 Å². The number of hydrogen-bond acceptors (Lipinski definition) is 4. The molecule has 0 unspecified atom stereocenters. The van der Waals surface area contributed by atoms with Crippen molar-refractivity contribution in [2.24, 2.45) is 0 Å². The van der Waals surface area contributed by atoms with Crippen LogP contribution < -0.4 is 10.5 Å². The van der Waals surface area contributed by atoms with E-state index < -0.39 is 0 Å². The number of para-hydroxylation sites is 1. The van der Waals surface area contributed by atoms with Crippen molar-refractivity contribution in [3.05, 3.63) is 69.5 Å². The number of nitrogens with one attached hydrogen (secondary N) is 1. The summed E-state index contributed by atoms with van der Waals surface area (Å²) in [6.45, 7) is 5.12. The zero-order valence-electron chi connectivity index (χ0n) is 15.6. The maximum Gasteiger partial charge on any atom is 0.262 e. The lowest BCUT2D eigenvalue weighted by atomic mass is 10.2. The van der Waals surface area contributed by atoms with E-state index in [2.05, 4.69) is 0 Å². The predicted molar refractivity (Wildman–Crippen MR) is 113 cm³/mol. The molecule has 0 saturated carbocycles. The van der Waals surface area contributed by atoms with Gasteiger partial charge in [0.1, 0.15) is 13.1 Å². The zero-order valence-corrected chi connectivity index (χ0v) is 17.1. The summed E-state index contributed by atoms with van der Waals surface area (Å²) in [7, 11) is 0. The van der Waals surface area contributed by atoms with Crippen LogP contribution in [0.3, 0.4) is 0 Å². The van der Waals surface area contributed by atoms with E-state index in [1.54, 1.807) is 11.8 Å². The zero-order chi connectivity index (χ0) is 19.3. The smallest absolute Gasteiger partial charge is 0.262 e. The Hall–Kier alpha value is -1.86. The number of thioether (sulfide) groups is 1. The monoisotopic (exact) mass is 416 g/mol. The molecule has 1 aliphatic heterocycles. The number of nitrogens with zero attached hydrogens (tertiary/aromatic N) is 2. The Bertz CT molecular complexity index is 1000. The van der Waals surface area contributed by atoms with Crippen LogP contribution in [0, 0.1) is 0 Å². The van der Waals surface area contributed by atoms with E-state index in [4.69, 9.17) is 21.3 Å². The second-order valence-electron chi connectivity index (χ2n) is 6.90. The number of halogens is 1. The van der Waals surface area contributed by atoms with Gasteiger partial charge in [-0.2, -0.15) is 0 Å². The minimum absolute atomic E-state index is 0.0388. The molecule has 1 aliphatic rings. The molecule has 0 spiro atoms. The third-order valence-electron chi connectivity index (χ3n) is 5.00. The number of fused-ring (bicyclic) bond motifs is 1. The lowest BCUT2D eigenvalue weighted by molar-refractivity contribution is -0.908. The van der Waals surface area contributed by atoms with Crippen molar-refractivity contribution in [1.82, 2.24) is 9.55 Å². The summed E-state index contributed by atoms with van der Waals surface area (Å²) in [4.78, 5) is 19.4. The maximum atomic E-state index is 13.1. The van der Waals surface area contributed by atoms with Crippen molar-refractivity contribution in [2.45, 2.75) is 17.5 Å². The Labute approximate surface area is 173 Å². The molecule has 0 amide bonds. The van der Waals surface area contributed by atoms with Crippen LogP contribution in [0.4, 0.5) is 0 Å². The highest BCUT2D eigenvalue weighted by atomic mass is 35.5. The van der Waals surface area contributed by atoms with Gasteiger partial charge in [0.25, 0.3) is 5.56 Å². The number of quaternary nitrogens is 1. The van der Waals surface area contributed by atoms with Gasteiger partial charge in [0.05, 0.1) is 37.2 Å². The summed E-state index contributed by atoms with van der Waals surface area (Å²) < 4.78 is 7.28. The van der Waals surface area contributed by atoms with Crippen molar-refractivity contribution in [3.63, 3.8) is 0 Å². The highest BCUT2D eigenvalue weighted by molar-refractivity contribution is 7.98. The molecule has 0 radical (unpaired) electrons. The van der Waals surface area contributed by atoms with Gasteiger partial charge in [-0.05, 0) is 29.8 Å². The molecule has 4 rings (SSSR count). The van der Waals surface area contributed by atoms with Gasteiger partial charge in [0, 0.05) is 10.8 Å². The number of aromatic nitrogens is 2. The van der Waals surface area contributed by atoms with Crippen LogP contribution in [0.2, 0.25) is 5.02 Å². The maximum absolute atomic E-state index is 13.1. The number of hydrogen-bond donors (Lipinski definition) is 1. The van der Waals surface area contributed by atoms with Crippen LogP contribution in [-0.4, -0.2) is 42.4 Å². The van der Waals surface area contributed by atoms with E-state index in [0.29, 0.717) is 11.9 Å². The molecule has 1 saturated heterocycles. The second-order valence-corrected chi connectivity index (χ2v) is 8.27. The SMILES string of the molecule is O=c1c2ccccc2nc(SCc2ccc(Cl)cc2)n1CC[NH+]1CCOCC1. The molecule has 1 aromatic heterocycles. The third kappa shape index (κ3) is 4.58. The Morgan fingerprint density at radius 3 is 2.64 bits per heavy atom. The topological polar surface area (TPSA) is 48.6 Å². The fourth-order valence-electron chi connectivity index (χ4n) is 3.36. The molecule has 1 fully saturated rings. The highest BCUT2D eigenvalue weighted by Gasteiger charge is 2.17. The van der Waals surface area contributed by atoms with Crippen LogP contribution in [0.1, 0.15) is 5.56 Å². The van der Waals surface area contributed by atoms with E-state index in [9.17, 15) is 4.79 Å². The molecule has 146 valence electrons. The lowest BCUT2D eigenvalue weighted by Crippen LogP contribution is -3.14. The summed E-state index contributed by atoms with van der Waals surface area (Å²) in [6.07, 6.45) is 0. The molecule has 0 bridgehead atoms. The first-order valence-corrected chi connectivity index (χ1v) is 10.9. The summed E-state index contributed by atoms with van der Waals surface area (Å²) in [5.41, 5.74) is 1.94. The van der Waals surface area contributed by atoms with Crippen molar-refractivity contribution < 1.29 is 9.64 Å². The fraction of sp³-hybridized carbons (Fsp3) is 0.333. The summed E-state index contributed by atoms with van der Waals surface area (Å²) >= 11 is 7.58. The fourth-order valence-corrected chi connectivity index (χ4v) is 4.47. The van der Waals surface area contributed by atoms with Gasteiger partial charge in [0.15, 0.2) is 5.16 Å². The minimum Gasteiger partial charge on any atom is -0.370 e. The highest BCUT2D eigenvalue weighted by Crippen LogP contribution is 2.23. The quantitative estimate of drug-likeness (QED) is 0.494.